The number of benzene rings is 1. The van der Waals surface area contributed by atoms with Crippen molar-refractivity contribution in [3.05, 3.63) is 29.8 Å². The van der Waals surface area contributed by atoms with Gasteiger partial charge in [-0.1, -0.05) is 46.8 Å². The predicted molar refractivity (Wildman–Crippen MR) is 108 cm³/mol. The third-order valence-electron chi connectivity index (χ3n) is 3.94. The van der Waals surface area contributed by atoms with Crippen molar-refractivity contribution in [3.63, 3.8) is 0 Å². The minimum Gasteiger partial charge on any atom is -0.491 e. The van der Waals surface area contributed by atoms with Crippen LogP contribution in [0.4, 0.5) is 0 Å². The predicted octanol–water partition coefficient (Wildman–Crippen LogP) is 3.63. The van der Waals surface area contributed by atoms with Crippen molar-refractivity contribution < 1.29 is 31.4 Å². The third-order valence-corrected chi connectivity index (χ3v) is 4.40. The van der Waals surface area contributed by atoms with E-state index in [4.69, 9.17) is 18.8 Å². The monoisotopic (exact) mass is 418 g/mol. The van der Waals surface area contributed by atoms with Crippen molar-refractivity contribution in [2.24, 2.45) is 5.41 Å². The third kappa shape index (κ3) is 11.6. The molecule has 28 heavy (non-hydrogen) atoms. The first kappa shape index (κ1) is 24.8. The topological polar surface area (TPSA) is 91.3 Å². The minimum absolute atomic E-state index is 0.0531. The smallest absolute Gasteiger partial charge is 0.397 e. The number of hydrogen-bond donors (Lipinski definition) is 1. The van der Waals surface area contributed by atoms with Gasteiger partial charge in [-0.25, -0.2) is 4.18 Å². The highest BCUT2D eigenvalue weighted by Crippen LogP contribution is 2.36. The summed E-state index contributed by atoms with van der Waals surface area (Å²) >= 11 is 0. The highest BCUT2D eigenvalue weighted by Gasteiger charge is 2.27. The fourth-order valence-electron chi connectivity index (χ4n) is 3.17. The quantitative estimate of drug-likeness (QED) is 0.386. The molecule has 1 rings (SSSR count). The van der Waals surface area contributed by atoms with Crippen LogP contribution in [0, 0.1) is 5.41 Å². The summed E-state index contributed by atoms with van der Waals surface area (Å²) in [5.41, 5.74) is 1.66. The van der Waals surface area contributed by atoms with Crippen molar-refractivity contribution in [1.29, 1.82) is 0 Å². The molecule has 0 radical (unpaired) electrons. The van der Waals surface area contributed by atoms with E-state index in [2.05, 4.69) is 50.9 Å². The fourth-order valence-corrected chi connectivity index (χ4v) is 3.45. The van der Waals surface area contributed by atoms with Gasteiger partial charge >= 0.3 is 10.4 Å². The SMILES string of the molecule is CC(C)(C)CC(C)(C)c1ccc(OCCOCCOCCOS(=O)(=O)O)cc1. The number of hydrogen-bond acceptors (Lipinski definition) is 6. The van der Waals surface area contributed by atoms with Crippen LogP contribution in [0.1, 0.15) is 46.6 Å². The molecule has 1 aromatic rings. The summed E-state index contributed by atoms with van der Waals surface area (Å²) in [6, 6.07) is 8.20. The van der Waals surface area contributed by atoms with E-state index in [1.165, 1.54) is 5.56 Å². The second-order valence-electron chi connectivity index (χ2n) is 8.47. The minimum atomic E-state index is -4.40. The van der Waals surface area contributed by atoms with E-state index in [-0.39, 0.29) is 24.0 Å². The summed E-state index contributed by atoms with van der Waals surface area (Å²) in [4.78, 5) is 0. The zero-order valence-corrected chi connectivity index (χ0v) is 18.4. The molecule has 0 aliphatic heterocycles. The lowest BCUT2D eigenvalue weighted by atomic mass is 9.72. The van der Waals surface area contributed by atoms with Crippen LogP contribution in [0.15, 0.2) is 24.3 Å². The zero-order valence-electron chi connectivity index (χ0n) is 17.6. The van der Waals surface area contributed by atoms with E-state index < -0.39 is 10.4 Å². The van der Waals surface area contributed by atoms with Crippen LogP contribution in [0.5, 0.6) is 5.75 Å². The van der Waals surface area contributed by atoms with Gasteiger partial charge in [0, 0.05) is 0 Å². The maximum Gasteiger partial charge on any atom is 0.397 e. The first-order valence-corrected chi connectivity index (χ1v) is 10.8. The Morgan fingerprint density at radius 1 is 0.821 bits per heavy atom. The standard InChI is InChI=1S/C20H34O7S/c1-19(2,3)16-20(4,5)17-6-8-18(9-7-17)26-14-12-24-10-11-25-13-15-27-28(21,22)23/h6-9H,10-16H2,1-5H3,(H,21,22,23). The Morgan fingerprint density at radius 2 is 1.32 bits per heavy atom. The maximum absolute atomic E-state index is 10.3. The number of ether oxygens (including phenoxy) is 3. The van der Waals surface area contributed by atoms with Gasteiger partial charge in [-0.15, -0.1) is 0 Å². The molecular formula is C20H34O7S. The van der Waals surface area contributed by atoms with Gasteiger partial charge in [0.25, 0.3) is 0 Å². The van der Waals surface area contributed by atoms with Gasteiger partial charge in [-0.05, 0) is 34.9 Å². The van der Waals surface area contributed by atoms with Crippen LogP contribution in [0.2, 0.25) is 0 Å². The van der Waals surface area contributed by atoms with Gasteiger partial charge in [0.05, 0.1) is 33.0 Å². The second kappa shape index (κ2) is 11.1. The van der Waals surface area contributed by atoms with Crippen LogP contribution in [0.25, 0.3) is 0 Å². The van der Waals surface area contributed by atoms with Gasteiger partial charge in [-0.2, -0.15) is 8.42 Å². The molecule has 0 aromatic heterocycles. The Morgan fingerprint density at radius 3 is 1.82 bits per heavy atom. The molecule has 1 N–H and O–H groups in total. The van der Waals surface area contributed by atoms with Gasteiger partial charge in [0.2, 0.25) is 0 Å². The summed E-state index contributed by atoms with van der Waals surface area (Å²) in [7, 11) is -4.40. The molecule has 0 heterocycles. The molecule has 7 nitrogen and oxygen atoms in total. The highest BCUT2D eigenvalue weighted by molar-refractivity contribution is 7.80. The van der Waals surface area contributed by atoms with Gasteiger partial charge in [0.1, 0.15) is 12.4 Å². The lowest BCUT2D eigenvalue weighted by Gasteiger charge is -2.33. The zero-order chi connectivity index (χ0) is 21.3. The second-order valence-corrected chi connectivity index (χ2v) is 9.56. The molecule has 0 saturated carbocycles. The van der Waals surface area contributed by atoms with Crippen LogP contribution in [-0.2, 0) is 29.5 Å². The van der Waals surface area contributed by atoms with E-state index >= 15 is 0 Å². The molecule has 0 aliphatic carbocycles. The summed E-state index contributed by atoms with van der Waals surface area (Å²) in [5, 5.41) is 0. The molecule has 0 bridgehead atoms. The Hall–Kier alpha value is -1.19. The fraction of sp³-hybridized carbons (Fsp3) is 0.700. The first-order valence-electron chi connectivity index (χ1n) is 9.40. The van der Waals surface area contributed by atoms with Crippen molar-refractivity contribution >= 4 is 10.4 Å². The van der Waals surface area contributed by atoms with Crippen LogP contribution in [0.3, 0.4) is 0 Å². The van der Waals surface area contributed by atoms with Gasteiger partial charge in [0.15, 0.2) is 0 Å². The molecule has 0 spiro atoms. The lowest BCUT2D eigenvalue weighted by molar-refractivity contribution is 0.0269. The van der Waals surface area contributed by atoms with E-state index in [9.17, 15) is 8.42 Å². The summed E-state index contributed by atoms with van der Waals surface area (Å²) in [6.07, 6.45) is 1.10. The van der Waals surface area contributed by atoms with Crippen molar-refractivity contribution in [2.45, 2.75) is 46.5 Å². The van der Waals surface area contributed by atoms with Gasteiger partial charge < -0.3 is 14.2 Å². The maximum atomic E-state index is 10.3. The van der Waals surface area contributed by atoms with Crippen molar-refractivity contribution in [3.8, 4) is 5.75 Å². The average Bonchev–Trinajstić information content (AvgIpc) is 2.54. The summed E-state index contributed by atoms with van der Waals surface area (Å²) < 4.78 is 49.3. The molecular weight excluding hydrogens is 384 g/mol. The lowest BCUT2D eigenvalue weighted by Crippen LogP contribution is -2.24. The normalized spacial score (nSPS) is 12.9. The van der Waals surface area contributed by atoms with Crippen LogP contribution in [-0.4, -0.2) is 52.6 Å². The van der Waals surface area contributed by atoms with Crippen LogP contribution < -0.4 is 4.74 Å². The molecule has 1 aromatic carbocycles. The average molecular weight is 419 g/mol. The Bertz CT molecular complexity index is 661. The Balaban J connectivity index is 2.18. The summed E-state index contributed by atoms with van der Waals surface area (Å²) in [6.45, 7) is 12.6. The molecule has 8 heteroatoms. The van der Waals surface area contributed by atoms with Crippen LogP contribution >= 0.6 is 0 Å². The summed E-state index contributed by atoms with van der Waals surface area (Å²) in [5.74, 6) is 0.803. The van der Waals surface area contributed by atoms with Crippen molar-refractivity contribution in [2.75, 3.05) is 39.6 Å². The van der Waals surface area contributed by atoms with E-state index in [1.54, 1.807) is 0 Å². The molecule has 162 valence electrons. The molecule has 0 unspecified atom stereocenters. The first-order chi connectivity index (χ1) is 12.9. The number of rotatable bonds is 13. The Kier molecular flexibility index (Phi) is 9.86. The van der Waals surface area contributed by atoms with Gasteiger partial charge in [-0.3, -0.25) is 4.55 Å². The molecule has 0 fully saturated rings. The largest absolute Gasteiger partial charge is 0.491 e. The van der Waals surface area contributed by atoms with Crippen molar-refractivity contribution in [1.82, 2.24) is 0 Å². The highest BCUT2D eigenvalue weighted by atomic mass is 32.3. The van der Waals surface area contributed by atoms with E-state index in [0.29, 0.717) is 26.4 Å². The molecule has 0 atom stereocenters. The molecule has 0 saturated heterocycles. The van der Waals surface area contributed by atoms with E-state index in [0.717, 1.165) is 12.2 Å². The molecule has 0 amide bonds. The molecule has 0 aliphatic rings. The Labute approximate surface area is 169 Å². The van der Waals surface area contributed by atoms with E-state index in [1.807, 2.05) is 12.1 Å².